The smallest absolute Gasteiger partial charge is 0.322 e. The number of rotatable bonds is 12. The van der Waals surface area contributed by atoms with E-state index in [0.717, 1.165) is 38.5 Å². The number of carbonyl (C=O) groups excluding carboxylic acids is 2. The maximum absolute atomic E-state index is 11.5. The van der Waals surface area contributed by atoms with Crippen molar-refractivity contribution in [1.29, 1.82) is 0 Å². The first-order valence-corrected chi connectivity index (χ1v) is 7.69. The average molecular weight is 287 g/mol. The van der Waals surface area contributed by atoms with Crippen LogP contribution >= 0.6 is 0 Å². The maximum atomic E-state index is 11.5. The molecule has 0 aliphatic rings. The summed E-state index contributed by atoms with van der Waals surface area (Å²) in [6, 6.07) is -0.736. The molecule has 0 aliphatic heterocycles. The number of carbonyl (C=O) groups is 2. The minimum absolute atomic E-state index is 0.164. The second-order valence-corrected chi connectivity index (χ2v) is 4.95. The van der Waals surface area contributed by atoms with Crippen LogP contribution in [0.5, 0.6) is 0 Å². The Labute approximate surface area is 122 Å². The van der Waals surface area contributed by atoms with E-state index >= 15 is 0 Å². The average Bonchev–Trinajstić information content (AvgIpc) is 2.45. The van der Waals surface area contributed by atoms with Gasteiger partial charge in [0.1, 0.15) is 6.04 Å². The van der Waals surface area contributed by atoms with E-state index in [1.165, 1.54) is 0 Å². The van der Waals surface area contributed by atoms with Crippen molar-refractivity contribution in [3.05, 3.63) is 0 Å². The molecule has 0 saturated carbocycles. The standard InChI is InChI=1S/C15H29NO4/c1-3-5-7-11-19-14(17)10-9-13(16)15(18)20-12-8-6-4-2/h13H,3-12,16H2,1-2H3. The van der Waals surface area contributed by atoms with Gasteiger partial charge in [0.15, 0.2) is 0 Å². The zero-order valence-corrected chi connectivity index (χ0v) is 12.9. The lowest BCUT2D eigenvalue weighted by Gasteiger charge is -2.11. The Hall–Kier alpha value is -1.10. The highest BCUT2D eigenvalue weighted by Crippen LogP contribution is 2.02. The molecule has 0 amide bonds. The van der Waals surface area contributed by atoms with E-state index in [2.05, 4.69) is 13.8 Å². The van der Waals surface area contributed by atoms with Crippen molar-refractivity contribution < 1.29 is 19.1 Å². The Kier molecular flexibility index (Phi) is 12.2. The molecule has 0 radical (unpaired) electrons. The first-order valence-electron chi connectivity index (χ1n) is 7.69. The Bertz CT molecular complexity index is 269. The van der Waals surface area contributed by atoms with Gasteiger partial charge in [0, 0.05) is 6.42 Å². The second kappa shape index (κ2) is 12.9. The molecule has 1 atom stereocenters. The van der Waals surface area contributed by atoms with Crippen LogP contribution in [0.2, 0.25) is 0 Å². The number of hydrogen-bond donors (Lipinski definition) is 1. The SMILES string of the molecule is CCCCCOC(=O)CCC(N)C(=O)OCCCCC. The Morgan fingerprint density at radius 1 is 0.950 bits per heavy atom. The van der Waals surface area contributed by atoms with Gasteiger partial charge in [0.2, 0.25) is 0 Å². The van der Waals surface area contributed by atoms with Gasteiger partial charge in [-0.05, 0) is 19.3 Å². The number of hydrogen-bond acceptors (Lipinski definition) is 5. The second-order valence-electron chi connectivity index (χ2n) is 4.95. The van der Waals surface area contributed by atoms with E-state index in [0.29, 0.717) is 13.2 Å². The minimum atomic E-state index is -0.736. The number of unbranched alkanes of at least 4 members (excludes halogenated alkanes) is 4. The summed E-state index contributed by atoms with van der Waals surface area (Å²) in [6.07, 6.45) is 6.43. The van der Waals surface area contributed by atoms with E-state index in [-0.39, 0.29) is 18.8 Å². The van der Waals surface area contributed by atoms with Gasteiger partial charge in [-0.1, -0.05) is 39.5 Å². The van der Waals surface area contributed by atoms with Crippen LogP contribution in [-0.4, -0.2) is 31.2 Å². The molecule has 0 spiro atoms. The van der Waals surface area contributed by atoms with Crippen LogP contribution in [0, 0.1) is 0 Å². The predicted octanol–water partition coefficient (Wildman–Crippen LogP) is 2.56. The van der Waals surface area contributed by atoms with Crippen LogP contribution < -0.4 is 5.73 Å². The molecule has 0 aliphatic carbocycles. The molecule has 0 aromatic carbocycles. The predicted molar refractivity (Wildman–Crippen MR) is 78.2 cm³/mol. The highest BCUT2D eigenvalue weighted by Gasteiger charge is 2.16. The minimum Gasteiger partial charge on any atom is -0.466 e. The molecule has 20 heavy (non-hydrogen) atoms. The van der Waals surface area contributed by atoms with Gasteiger partial charge < -0.3 is 15.2 Å². The third-order valence-electron chi connectivity index (χ3n) is 2.97. The first-order chi connectivity index (χ1) is 9.61. The van der Waals surface area contributed by atoms with Gasteiger partial charge in [0.25, 0.3) is 0 Å². The van der Waals surface area contributed by atoms with Gasteiger partial charge >= 0.3 is 11.9 Å². The molecule has 0 heterocycles. The zero-order valence-electron chi connectivity index (χ0n) is 12.9. The van der Waals surface area contributed by atoms with Crippen molar-refractivity contribution in [3.63, 3.8) is 0 Å². The third-order valence-corrected chi connectivity index (χ3v) is 2.97. The normalized spacial score (nSPS) is 11.9. The van der Waals surface area contributed by atoms with Gasteiger partial charge in [-0.3, -0.25) is 9.59 Å². The van der Waals surface area contributed by atoms with Gasteiger partial charge in [-0.25, -0.2) is 0 Å². The summed E-state index contributed by atoms with van der Waals surface area (Å²) in [5.41, 5.74) is 5.67. The molecule has 0 aromatic rings. The molecule has 0 rings (SSSR count). The van der Waals surface area contributed by atoms with Crippen LogP contribution in [0.1, 0.15) is 65.2 Å². The van der Waals surface area contributed by atoms with Gasteiger partial charge in [-0.15, -0.1) is 0 Å². The molecule has 2 N–H and O–H groups in total. The van der Waals surface area contributed by atoms with Crippen LogP contribution in [0.15, 0.2) is 0 Å². The zero-order chi connectivity index (χ0) is 15.2. The summed E-state index contributed by atoms with van der Waals surface area (Å²) in [5, 5.41) is 0. The molecule has 0 saturated heterocycles. The van der Waals surface area contributed by atoms with Crippen LogP contribution in [0.4, 0.5) is 0 Å². The fourth-order valence-electron chi connectivity index (χ4n) is 1.63. The highest BCUT2D eigenvalue weighted by molar-refractivity contribution is 5.77. The van der Waals surface area contributed by atoms with Crippen molar-refractivity contribution in [2.45, 2.75) is 71.3 Å². The van der Waals surface area contributed by atoms with Crippen molar-refractivity contribution in [2.75, 3.05) is 13.2 Å². The summed E-state index contributed by atoms with van der Waals surface area (Å²) in [6.45, 7) is 5.03. The third kappa shape index (κ3) is 10.8. The Morgan fingerprint density at radius 3 is 2.05 bits per heavy atom. The summed E-state index contributed by atoms with van der Waals surface area (Å²) in [5.74, 6) is -0.727. The topological polar surface area (TPSA) is 78.6 Å². The molecule has 0 fully saturated rings. The molecule has 118 valence electrons. The summed E-state index contributed by atoms with van der Waals surface area (Å²) >= 11 is 0. The summed E-state index contributed by atoms with van der Waals surface area (Å²) in [7, 11) is 0. The maximum Gasteiger partial charge on any atom is 0.322 e. The van der Waals surface area contributed by atoms with Crippen LogP contribution in [-0.2, 0) is 19.1 Å². The van der Waals surface area contributed by atoms with Crippen molar-refractivity contribution in [3.8, 4) is 0 Å². The number of esters is 2. The molecule has 1 unspecified atom stereocenters. The lowest BCUT2D eigenvalue weighted by molar-refractivity contribution is -0.146. The van der Waals surface area contributed by atoms with E-state index < -0.39 is 12.0 Å². The molecule has 0 aromatic heterocycles. The number of nitrogens with two attached hydrogens (primary N) is 1. The fraction of sp³-hybridized carbons (Fsp3) is 0.867. The fourth-order valence-corrected chi connectivity index (χ4v) is 1.63. The quantitative estimate of drug-likeness (QED) is 0.441. The monoisotopic (exact) mass is 287 g/mol. The summed E-state index contributed by atoms with van der Waals surface area (Å²) < 4.78 is 10.1. The molecular weight excluding hydrogens is 258 g/mol. The van der Waals surface area contributed by atoms with Crippen molar-refractivity contribution >= 4 is 11.9 Å². The molecule has 0 bridgehead atoms. The summed E-state index contributed by atoms with van der Waals surface area (Å²) in [4.78, 5) is 22.9. The van der Waals surface area contributed by atoms with E-state index in [9.17, 15) is 9.59 Å². The highest BCUT2D eigenvalue weighted by atomic mass is 16.5. The largest absolute Gasteiger partial charge is 0.466 e. The van der Waals surface area contributed by atoms with E-state index in [1.807, 2.05) is 0 Å². The van der Waals surface area contributed by atoms with E-state index in [1.54, 1.807) is 0 Å². The lowest BCUT2D eigenvalue weighted by atomic mass is 10.2. The Balaban J connectivity index is 3.61. The Morgan fingerprint density at radius 2 is 1.50 bits per heavy atom. The van der Waals surface area contributed by atoms with Crippen LogP contribution in [0.25, 0.3) is 0 Å². The molecular formula is C15H29NO4. The van der Waals surface area contributed by atoms with Crippen molar-refractivity contribution in [2.24, 2.45) is 5.73 Å². The first kappa shape index (κ1) is 18.9. The van der Waals surface area contributed by atoms with Gasteiger partial charge in [0.05, 0.1) is 13.2 Å². The van der Waals surface area contributed by atoms with Gasteiger partial charge in [-0.2, -0.15) is 0 Å². The molecule has 5 heteroatoms. The van der Waals surface area contributed by atoms with Crippen LogP contribution in [0.3, 0.4) is 0 Å². The van der Waals surface area contributed by atoms with E-state index in [4.69, 9.17) is 15.2 Å². The number of ether oxygens (including phenoxy) is 2. The lowest BCUT2D eigenvalue weighted by Crippen LogP contribution is -2.33. The van der Waals surface area contributed by atoms with Crippen molar-refractivity contribution in [1.82, 2.24) is 0 Å². The molecule has 5 nitrogen and oxygen atoms in total.